The molecule has 44 heavy (non-hydrogen) atoms. The quantitative estimate of drug-likeness (QED) is 0.243. The van der Waals surface area contributed by atoms with Gasteiger partial charge in [-0.1, -0.05) is 85.1 Å². The fourth-order valence-electron chi connectivity index (χ4n) is 5.83. The molecule has 0 aromatic heterocycles. The van der Waals surface area contributed by atoms with Crippen molar-refractivity contribution < 1.29 is 0 Å². The second-order valence-corrected chi connectivity index (χ2v) is 13.1. The molecule has 0 bridgehead atoms. The number of thioether (sulfide) groups is 1. The van der Waals surface area contributed by atoms with E-state index in [-0.39, 0.29) is 17.5 Å². The standard InChI is InChI=1S/C36H36N6S2/c1-24-41-35(27-12-8-25(9-13-27)29-16-20-39-33(22-29)31-6-2-4-18-37-31)44-42-36(43-24)28-14-10-26(11-15-28)30-17-21-40-34(23-30)32-7-3-5-19-38-32/h2-10,12-14,16-17,19-20,22-23,32-33,36-40,42H,1,11,15,18,21H2. The Balaban J connectivity index is 1.00. The molecule has 222 valence electrons. The summed E-state index contributed by atoms with van der Waals surface area (Å²) in [7, 11) is 0. The van der Waals surface area contributed by atoms with Gasteiger partial charge in [-0.3, -0.25) is 0 Å². The highest BCUT2D eigenvalue weighted by Crippen LogP contribution is 2.37. The molecule has 8 heteroatoms. The molecule has 3 unspecified atom stereocenters. The lowest BCUT2D eigenvalue weighted by Gasteiger charge is -2.26. The normalized spacial score (nSPS) is 26.2. The van der Waals surface area contributed by atoms with Crippen molar-refractivity contribution in [3.05, 3.63) is 160 Å². The maximum absolute atomic E-state index is 4.89. The smallest absolute Gasteiger partial charge is 0.119 e. The minimum Gasteiger partial charge on any atom is -0.383 e. The molecule has 0 radical (unpaired) electrons. The first-order chi connectivity index (χ1) is 21.7. The summed E-state index contributed by atoms with van der Waals surface area (Å²) in [4.78, 5) is 4.89. The zero-order valence-corrected chi connectivity index (χ0v) is 26.1. The van der Waals surface area contributed by atoms with Gasteiger partial charge >= 0.3 is 0 Å². The summed E-state index contributed by atoms with van der Waals surface area (Å²) in [6.45, 7) is 5.99. The van der Waals surface area contributed by atoms with Crippen LogP contribution in [0.25, 0.3) is 5.57 Å². The SMILES string of the molecule is C=C1N=C(c2ccc(C3=CC(C4=CC=CCN4)NC=C3)cc2)SNC(C2=CC=C(C3=CCNC(C4C=CC=CN4)=C3)CC2)S1. The molecule has 6 nitrogen and oxygen atoms in total. The van der Waals surface area contributed by atoms with E-state index < -0.39 is 0 Å². The van der Waals surface area contributed by atoms with Gasteiger partial charge in [-0.2, -0.15) is 0 Å². The van der Waals surface area contributed by atoms with Crippen molar-refractivity contribution in [2.75, 3.05) is 13.1 Å². The number of benzene rings is 1. The van der Waals surface area contributed by atoms with E-state index in [2.05, 4.69) is 124 Å². The second-order valence-electron chi connectivity index (χ2n) is 11.1. The topological polar surface area (TPSA) is 72.5 Å². The lowest BCUT2D eigenvalue weighted by atomic mass is 9.90. The molecule has 5 heterocycles. The third kappa shape index (κ3) is 6.53. The summed E-state index contributed by atoms with van der Waals surface area (Å²) in [6.07, 6.45) is 32.3. The maximum atomic E-state index is 4.89. The van der Waals surface area contributed by atoms with Gasteiger partial charge in [-0.05, 0) is 95.4 Å². The van der Waals surface area contributed by atoms with Crippen LogP contribution >= 0.6 is 23.7 Å². The molecule has 7 rings (SSSR count). The van der Waals surface area contributed by atoms with Gasteiger partial charge in [-0.15, -0.1) is 0 Å². The first-order valence-corrected chi connectivity index (χ1v) is 16.8. The zero-order valence-electron chi connectivity index (χ0n) is 24.4. The van der Waals surface area contributed by atoms with Gasteiger partial charge in [0.2, 0.25) is 0 Å². The summed E-state index contributed by atoms with van der Waals surface area (Å²) in [5, 5.41) is 15.7. The van der Waals surface area contributed by atoms with Gasteiger partial charge in [0.15, 0.2) is 0 Å². The molecule has 1 aliphatic carbocycles. The van der Waals surface area contributed by atoms with Gasteiger partial charge in [0, 0.05) is 30.0 Å². The Morgan fingerprint density at radius 3 is 2.48 bits per heavy atom. The Hall–Kier alpha value is -4.11. The molecule has 1 aromatic rings. The van der Waals surface area contributed by atoms with Gasteiger partial charge in [0.05, 0.1) is 22.5 Å². The average molecular weight is 617 g/mol. The van der Waals surface area contributed by atoms with E-state index in [9.17, 15) is 0 Å². The van der Waals surface area contributed by atoms with Crippen molar-refractivity contribution in [3.63, 3.8) is 0 Å². The molecular weight excluding hydrogens is 581 g/mol. The highest BCUT2D eigenvalue weighted by Gasteiger charge is 2.24. The van der Waals surface area contributed by atoms with E-state index in [1.54, 1.807) is 23.7 Å². The van der Waals surface area contributed by atoms with E-state index in [0.29, 0.717) is 0 Å². The first-order valence-electron chi connectivity index (χ1n) is 15.1. The molecule has 6 aliphatic rings. The van der Waals surface area contributed by atoms with Crippen LogP contribution in [-0.4, -0.2) is 35.6 Å². The van der Waals surface area contributed by atoms with Crippen LogP contribution in [0.4, 0.5) is 0 Å². The predicted octanol–water partition coefficient (Wildman–Crippen LogP) is 6.23. The zero-order chi connectivity index (χ0) is 29.7. The summed E-state index contributed by atoms with van der Waals surface area (Å²) in [5.74, 6) is 0. The molecule has 0 spiro atoms. The van der Waals surface area contributed by atoms with Gasteiger partial charge in [0.1, 0.15) is 5.04 Å². The highest BCUT2D eigenvalue weighted by molar-refractivity contribution is 8.14. The van der Waals surface area contributed by atoms with Crippen molar-refractivity contribution in [1.82, 2.24) is 26.0 Å². The van der Waals surface area contributed by atoms with Crippen LogP contribution in [0.2, 0.25) is 0 Å². The van der Waals surface area contributed by atoms with Gasteiger partial charge < -0.3 is 21.3 Å². The van der Waals surface area contributed by atoms with Crippen molar-refractivity contribution >= 4 is 34.3 Å². The largest absolute Gasteiger partial charge is 0.383 e. The number of dihydropyridines is 4. The number of hydrogen-bond acceptors (Lipinski definition) is 8. The van der Waals surface area contributed by atoms with Crippen molar-refractivity contribution in [2.24, 2.45) is 4.99 Å². The predicted molar refractivity (Wildman–Crippen MR) is 188 cm³/mol. The van der Waals surface area contributed by atoms with Crippen LogP contribution in [0.1, 0.15) is 24.0 Å². The molecule has 1 aromatic carbocycles. The molecule has 0 amide bonds. The maximum Gasteiger partial charge on any atom is 0.119 e. The lowest BCUT2D eigenvalue weighted by Crippen LogP contribution is -2.34. The van der Waals surface area contributed by atoms with Crippen molar-refractivity contribution in [1.29, 1.82) is 0 Å². The molecule has 0 saturated heterocycles. The number of hydrogen-bond donors (Lipinski definition) is 5. The summed E-state index contributed by atoms with van der Waals surface area (Å²) < 4.78 is 3.68. The molecule has 3 atom stereocenters. The van der Waals surface area contributed by atoms with Gasteiger partial charge in [-0.25, -0.2) is 9.71 Å². The number of nitrogens with zero attached hydrogens (tertiary/aromatic N) is 1. The number of rotatable bonds is 6. The summed E-state index contributed by atoms with van der Waals surface area (Å²) >= 11 is 3.29. The fraction of sp³-hybridized carbons (Fsp3) is 0.194. The third-order valence-electron chi connectivity index (χ3n) is 8.21. The average Bonchev–Trinajstić information content (AvgIpc) is 3.31. The highest BCUT2D eigenvalue weighted by atomic mass is 32.2. The van der Waals surface area contributed by atoms with Crippen LogP contribution in [0.3, 0.4) is 0 Å². The van der Waals surface area contributed by atoms with E-state index in [1.807, 2.05) is 18.5 Å². The van der Waals surface area contributed by atoms with Crippen LogP contribution in [0.15, 0.2) is 154 Å². The monoisotopic (exact) mass is 616 g/mol. The second kappa shape index (κ2) is 13.3. The Morgan fingerprint density at radius 1 is 0.818 bits per heavy atom. The molecule has 5 aliphatic heterocycles. The molecule has 0 saturated carbocycles. The molecule has 5 N–H and O–H groups in total. The van der Waals surface area contributed by atoms with Crippen LogP contribution in [-0.2, 0) is 0 Å². The third-order valence-corrected chi connectivity index (χ3v) is 10.3. The van der Waals surface area contributed by atoms with Crippen molar-refractivity contribution in [2.45, 2.75) is 30.3 Å². The van der Waals surface area contributed by atoms with E-state index in [0.717, 1.165) is 41.6 Å². The number of nitrogens with one attached hydrogen (secondary N) is 5. The van der Waals surface area contributed by atoms with E-state index in [4.69, 9.17) is 4.99 Å². The Bertz CT molecular complexity index is 1660. The van der Waals surface area contributed by atoms with Crippen LogP contribution < -0.4 is 26.0 Å². The summed E-state index contributed by atoms with van der Waals surface area (Å²) in [6, 6.07) is 9.02. The van der Waals surface area contributed by atoms with E-state index in [1.165, 1.54) is 39.2 Å². The molecular formula is C36H36N6S2. The Morgan fingerprint density at radius 2 is 1.68 bits per heavy atom. The van der Waals surface area contributed by atoms with Crippen molar-refractivity contribution in [3.8, 4) is 0 Å². The Kier molecular flexibility index (Phi) is 8.63. The number of aliphatic imine (C=N–C) groups is 1. The van der Waals surface area contributed by atoms with Gasteiger partial charge in [0.25, 0.3) is 0 Å². The lowest BCUT2D eigenvalue weighted by molar-refractivity contribution is 0.699. The van der Waals surface area contributed by atoms with Crippen LogP contribution in [0.5, 0.6) is 0 Å². The Labute approximate surface area is 268 Å². The fourth-order valence-corrected chi connectivity index (χ4v) is 7.77. The number of allylic oxidation sites excluding steroid dienone is 11. The minimum atomic E-state index is 0.127. The molecule has 0 fully saturated rings. The minimum absolute atomic E-state index is 0.127. The first kappa shape index (κ1) is 28.6. The van der Waals surface area contributed by atoms with E-state index >= 15 is 0 Å². The summed E-state index contributed by atoms with van der Waals surface area (Å²) in [5.41, 5.74) is 9.95. The van der Waals surface area contributed by atoms with Crippen LogP contribution in [0, 0.1) is 0 Å².